The second kappa shape index (κ2) is 7.84. The Morgan fingerprint density at radius 2 is 1.88 bits per heavy atom. The van der Waals surface area contributed by atoms with Gasteiger partial charge in [0.15, 0.2) is 0 Å². The van der Waals surface area contributed by atoms with Crippen LogP contribution in [0, 0.1) is 9.06 Å². The second-order valence-corrected chi connectivity index (χ2v) is 12.7. The Labute approximate surface area is 167 Å². The van der Waals surface area contributed by atoms with Crippen molar-refractivity contribution >= 4 is 81.8 Å². The first-order valence-electron chi connectivity index (χ1n) is 7.81. The van der Waals surface area contributed by atoms with E-state index in [0.29, 0.717) is 11.2 Å². The van der Waals surface area contributed by atoms with E-state index in [-0.39, 0.29) is 5.91 Å². The highest BCUT2D eigenvalue weighted by molar-refractivity contribution is 8.07. The van der Waals surface area contributed by atoms with Crippen LogP contribution in [0.25, 0.3) is 0 Å². The lowest BCUT2D eigenvalue weighted by atomic mass is 9.84. The fourth-order valence-corrected chi connectivity index (χ4v) is 10.6. The molecular weight excluding hydrogens is 417 g/mol. The molecule has 128 valence electrons. The molecule has 1 amide bonds. The van der Waals surface area contributed by atoms with Crippen molar-refractivity contribution in [3.63, 3.8) is 0 Å². The zero-order valence-electron chi connectivity index (χ0n) is 12.8. The van der Waals surface area contributed by atoms with Crippen molar-refractivity contribution in [3.8, 4) is 0 Å². The van der Waals surface area contributed by atoms with E-state index < -0.39 is 0 Å². The zero-order chi connectivity index (χ0) is 16.5. The maximum absolute atomic E-state index is 12.5. The van der Waals surface area contributed by atoms with E-state index in [1.54, 1.807) is 46.2 Å². The highest BCUT2D eigenvalue weighted by atomic mass is 32.2. The molecule has 1 aromatic heterocycles. The molecule has 1 aliphatic carbocycles. The normalized spacial score (nSPS) is 26.2. The summed E-state index contributed by atoms with van der Waals surface area (Å²) >= 11 is 14.0. The number of amides is 1. The third-order valence-electron chi connectivity index (χ3n) is 4.31. The standard InChI is InChI=1S/C15H16N2OS6/c18-12(10-7-20-11-4-2-1-3-9(10)11)17-16-8-5-21-13-14(22-6-8)24-15(19)23-13/h7,9,11H,1-6H2,(H,17,18). The molecule has 2 unspecified atom stereocenters. The van der Waals surface area contributed by atoms with Crippen LogP contribution in [0.2, 0.25) is 0 Å². The Morgan fingerprint density at radius 1 is 1.17 bits per heavy atom. The molecule has 0 radical (unpaired) electrons. The van der Waals surface area contributed by atoms with E-state index >= 15 is 0 Å². The molecule has 3 aliphatic rings. The van der Waals surface area contributed by atoms with Gasteiger partial charge in [0.2, 0.25) is 0 Å². The highest BCUT2D eigenvalue weighted by Gasteiger charge is 2.35. The van der Waals surface area contributed by atoms with Gasteiger partial charge in [-0.1, -0.05) is 25.1 Å². The molecule has 2 aliphatic heterocycles. The molecule has 0 spiro atoms. The molecule has 0 saturated heterocycles. The average molecular weight is 433 g/mol. The van der Waals surface area contributed by atoms with E-state index in [1.807, 2.05) is 11.8 Å². The number of fused-ring (bicyclic) bond motifs is 2. The summed E-state index contributed by atoms with van der Waals surface area (Å²) in [6.07, 6.45) is 4.91. The second-order valence-electron chi connectivity index (χ2n) is 5.86. The van der Waals surface area contributed by atoms with Gasteiger partial charge in [-0.15, -0.1) is 58.0 Å². The van der Waals surface area contributed by atoms with Crippen molar-refractivity contribution in [2.45, 2.75) is 39.4 Å². The Kier molecular flexibility index (Phi) is 5.75. The van der Waals surface area contributed by atoms with Gasteiger partial charge in [-0.3, -0.25) is 4.79 Å². The zero-order valence-corrected chi connectivity index (χ0v) is 17.7. The highest BCUT2D eigenvalue weighted by Crippen LogP contribution is 2.45. The van der Waals surface area contributed by atoms with Gasteiger partial charge in [0, 0.05) is 28.2 Å². The Bertz CT molecular complexity index is 734. The molecule has 3 heterocycles. The summed E-state index contributed by atoms with van der Waals surface area (Å²) in [5.41, 5.74) is 4.79. The Hall–Kier alpha value is 0.200. The first-order chi connectivity index (χ1) is 11.7. The fourth-order valence-electron chi connectivity index (χ4n) is 3.12. The van der Waals surface area contributed by atoms with Crippen molar-refractivity contribution in [1.29, 1.82) is 0 Å². The van der Waals surface area contributed by atoms with Gasteiger partial charge in [-0.25, -0.2) is 5.43 Å². The maximum atomic E-state index is 12.5. The van der Waals surface area contributed by atoms with Gasteiger partial charge in [-0.05, 0) is 18.2 Å². The molecule has 1 saturated carbocycles. The van der Waals surface area contributed by atoms with Crippen LogP contribution in [0.1, 0.15) is 25.7 Å². The third kappa shape index (κ3) is 3.81. The summed E-state index contributed by atoms with van der Waals surface area (Å²) in [7, 11) is 0. The van der Waals surface area contributed by atoms with Crippen LogP contribution in [0.3, 0.4) is 0 Å². The minimum Gasteiger partial charge on any atom is -0.268 e. The monoisotopic (exact) mass is 432 g/mol. The van der Waals surface area contributed by atoms with Gasteiger partial charge in [0.25, 0.3) is 5.91 Å². The van der Waals surface area contributed by atoms with Crippen LogP contribution in [0.15, 0.2) is 24.5 Å². The van der Waals surface area contributed by atoms with E-state index in [2.05, 4.69) is 15.9 Å². The fraction of sp³-hybridized carbons (Fsp3) is 0.533. The van der Waals surface area contributed by atoms with Gasteiger partial charge in [-0.2, -0.15) is 5.10 Å². The number of thioether (sulfide) groups is 3. The Morgan fingerprint density at radius 3 is 2.62 bits per heavy atom. The SMILES string of the molecule is O=C(NN=C1CSc2sc(=S)sc2SC1)C1=CSC2CCCCC12. The number of nitrogens with zero attached hydrogens (tertiary/aromatic N) is 1. The van der Waals surface area contributed by atoms with Gasteiger partial charge in [0.05, 0.1) is 14.1 Å². The lowest BCUT2D eigenvalue weighted by molar-refractivity contribution is -0.118. The van der Waals surface area contributed by atoms with Gasteiger partial charge < -0.3 is 0 Å². The number of hydrazone groups is 1. The van der Waals surface area contributed by atoms with Crippen LogP contribution in [0.4, 0.5) is 0 Å². The number of carbonyl (C=O) groups is 1. The summed E-state index contributed by atoms with van der Waals surface area (Å²) in [6, 6.07) is 0. The number of nitrogens with one attached hydrogen (secondary N) is 1. The molecule has 4 rings (SSSR count). The molecular formula is C15H16N2OS6. The summed E-state index contributed by atoms with van der Waals surface area (Å²) in [4.78, 5) is 12.5. The van der Waals surface area contributed by atoms with Gasteiger partial charge >= 0.3 is 0 Å². The van der Waals surface area contributed by atoms with Crippen molar-refractivity contribution in [2.75, 3.05) is 11.5 Å². The molecule has 2 atom stereocenters. The lowest BCUT2D eigenvalue weighted by Crippen LogP contribution is -2.29. The van der Waals surface area contributed by atoms with E-state index in [4.69, 9.17) is 12.2 Å². The van der Waals surface area contributed by atoms with E-state index in [9.17, 15) is 4.79 Å². The predicted octanol–water partition coefficient (Wildman–Crippen LogP) is 5.40. The summed E-state index contributed by atoms with van der Waals surface area (Å²) < 4.78 is 3.58. The first kappa shape index (κ1) is 17.6. The van der Waals surface area contributed by atoms with Crippen molar-refractivity contribution in [2.24, 2.45) is 11.0 Å². The molecule has 3 nitrogen and oxygen atoms in total. The quantitative estimate of drug-likeness (QED) is 0.501. The van der Waals surface area contributed by atoms with Crippen molar-refractivity contribution in [1.82, 2.24) is 5.43 Å². The molecule has 1 N–H and O–H groups in total. The smallest absolute Gasteiger partial charge is 0.268 e. The topological polar surface area (TPSA) is 41.5 Å². The average Bonchev–Trinajstić information content (AvgIpc) is 3.12. The van der Waals surface area contributed by atoms with Crippen LogP contribution in [-0.4, -0.2) is 28.4 Å². The first-order valence-corrected chi connectivity index (χ1v) is 12.8. The predicted molar refractivity (Wildman–Crippen MR) is 111 cm³/mol. The maximum Gasteiger partial charge on any atom is 0.268 e. The summed E-state index contributed by atoms with van der Waals surface area (Å²) in [5, 5.41) is 7.10. The number of rotatable bonds is 2. The van der Waals surface area contributed by atoms with Crippen molar-refractivity contribution in [3.05, 3.63) is 14.1 Å². The van der Waals surface area contributed by atoms with Crippen LogP contribution >= 0.6 is 70.2 Å². The van der Waals surface area contributed by atoms with Crippen molar-refractivity contribution < 1.29 is 4.79 Å². The number of hydrogen-bond acceptors (Lipinski definition) is 8. The van der Waals surface area contributed by atoms with E-state index in [0.717, 1.165) is 32.3 Å². The third-order valence-corrected chi connectivity index (χ3v) is 11.3. The molecule has 0 aromatic carbocycles. The Balaban J connectivity index is 1.38. The summed E-state index contributed by atoms with van der Waals surface area (Å²) in [5.74, 6) is 2.07. The molecule has 0 bridgehead atoms. The molecule has 9 heteroatoms. The molecule has 24 heavy (non-hydrogen) atoms. The van der Waals surface area contributed by atoms with E-state index in [1.165, 1.54) is 27.7 Å². The lowest BCUT2D eigenvalue weighted by Gasteiger charge is -2.25. The van der Waals surface area contributed by atoms with Crippen LogP contribution < -0.4 is 5.43 Å². The minimum atomic E-state index is -0.00549. The molecule has 1 fully saturated rings. The number of carbonyl (C=O) groups excluding carboxylic acids is 1. The van der Waals surface area contributed by atoms with Gasteiger partial charge in [0.1, 0.15) is 3.14 Å². The molecule has 1 aromatic rings. The minimum absolute atomic E-state index is 0.00549. The van der Waals surface area contributed by atoms with Crippen LogP contribution in [0.5, 0.6) is 0 Å². The summed E-state index contributed by atoms with van der Waals surface area (Å²) in [6.45, 7) is 0. The largest absolute Gasteiger partial charge is 0.268 e. The van der Waals surface area contributed by atoms with Crippen LogP contribution in [-0.2, 0) is 4.79 Å². The number of hydrogen-bond donors (Lipinski definition) is 1.